The van der Waals surface area contributed by atoms with Crippen LogP contribution in [-0.4, -0.2) is 42.1 Å². The van der Waals surface area contributed by atoms with Gasteiger partial charge in [-0.15, -0.1) is 0 Å². The number of carbonyl (C=O) groups excluding carboxylic acids is 1. The molecule has 0 spiro atoms. The largest absolute Gasteiger partial charge is 0.417 e. The third-order valence-electron chi connectivity index (χ3n) is 5.21. The molecule has 3 aromatic rings. The van der Waals surface area contributed by atoms with Gasteiger partial charge in [0.25, 0.3) is 0 Å². The molecule has 0 radical (unpaired) electrons. The van der Waals surface area contributed by atoms with Crippen LogP contribution in [0.4, 0.5) is 29.5 Å². The van der Waals surface area contributed by atoms with Crippen LogP contribution in [0.15, 0.2) is 60.8 Å². The van der Waals surface area contributed by atoms with E-state index in [1.165, 1.54) is 6.07 Å². The number of aromatic nitrogens is 1. The highest BCUT2D eigenvalue weighted by Crippen LogP contribution is 2.29. The van der Waals surface area contributed by atoms with Crippen molar-refractivity contribution in [3.63, 3.8) is 0 Å². The lowest BCUT2D eigenvalue weighted by Gasteiger charge is -2.23. The molecule has 0 atom stereocenters. The highest BCUT2D eigenvalue weighted by Gasteiger charge is 2.31. The van der Waals surface area contributed by atoms with E-state index in [4.69, 9.17) is 0 Å². The first-order valence-corrected chi connectivity index (χ1v) is 9.74. The van der Waals surface area contributed by atoms with Gasteiger partial charge in [0.2, 0.25) is 0 Å². The minimum absolute atomic E-state index is 0.186. The van der Waals surface area contributed by atoms with E-state index >= 15 is 0 Å². The van der Waals surface area contributed by atoms with Crippen molar-refractivity contribution in [1.29, 1.82) is 0 Å². The summed E-state index contributed by atoms with van der Waals surface area (Å²) >= 11 is 0. The van der Waals surface area contributed by atoms with Crippen molar-refractivity contribution in [2.45, 2.75) is 12.6 Å². The van der Waals surface area contributed by atoms with E-state index in [9.17, 15) is 18.0 Å². The van der Waals surface area contributed by atoms with Gasteiger partial charge in [-0.1, -0.05) is 36.4 Å². The second kappa shape index (κ2) is 8.22. The summed E-state index contributed by atoms with van der Waals surface area (Å²) in [6.45, 7) is 2.14. The molecule has 0 unspecified atom stereocenters. The Kier molecular flexibility index (Phi) is 5.48. The Hall–Kier alpha value is -3.29. The number of halogens is 3. The molecule has 4 rings (SSSR count). The zero-order chi connectivity index (χ0) is 21.1. The van der Waals surface area contributed by atoms with Gasteiger partial charge in [-0.2, -0.15) is 13.2 Å². The van der Waals surface area contributed by atoms with Gasteiger partial charge in [-0.05, 0) is 30.0 Å². The Labute approximate surface area is 172 Å². The summed E-state index contributed by atoms with van der Waals surface area (Å²) < 4.78 is 38.2. The van der Waals surface area contributed by atoms with Crippen LogP contribution in [-0.2, 0) is 6.18 Å². The Balaban J connectivity index is 1.42. The van der Waals surface area contributed by atoms with Crippen molar-refractivity contribution in [3.05, 3.63) is 66.4 Å². The van der Waals surface area contributed by atoms with Crippen LogP contribution in [0.25, 0.3) is 10.8 Å². The summed E-state index contributed by atoms with van der Waals surface area (Å²) in [5.41, 5.74) is -0.0132. The molecule has 1 aromatic heterocycles. The maximum Gasteiger partial charge on any atom is 0.417 e. The average Bonchev–Trinajstić information content (AvgIpc) is 3.00. The van der Waals surface area contributed by atoms with E-state index < -0.39 is 11.7 Å². The van der Waals surface area contributed by atoms with Gasteiger partial charge < -0.3 is 15.1 Å². The number of hydrogen-bond donors (Lipinski definition) is 1. The lowest BCUT2D eigenvalue weighted by Crippen LogP contribution is -2.38. The van der Waals surface area contributed by atoms with Crippen molar-refractivity contribution in [1.82, 2.24) is 9.88 Å². The summed E-state index contributed by atoms with van der Waals surface area (Å²) in [7, 11) is 0. The van der Waals surface area contributed by atoms with Gasteiger partial charge in [0.05, 0.1) is 11.3 Å². The zero-order valence-corrected chi connectivity index (χ0v) is 16.2. The van der Waals surface area contributed by atoms with Gasteiger partial charge in [0.1, 0.15) is 5.82 Å². The number of nitrogens with one attached hydrogen (secondary N) is 1. The second-order valence-corrected chi connectivity index (χ2v) is 7.19. The number of benzene rings is 2. The quantitative estimate of drug-likeness (QED) is 0.642. The van der Waals surface area contributed by atoms with E-state index in [1.807, 2.05) is 47.4 Å². The van der Waals surface area contributed by atoms with E-state index in [-0.39, 0.29) is 6.03 Å². The molecule has 8 heteroatoms. The van der Waals surface area contributed by atoms with Crippen molar-refractivity contribution < 1.29 is 18.0 Å². The summed E-state index contributed by atoms with van der Waals surface area (Å²) in [5.74, 6) is 0.485. The van der Waals surface area contributed by atoms with Crippen LogP contribution in [0.1, 0.15) is 12.0 Å². The standard InChI is InChI=1S/C22H21F3N4O/c23-22(24,25)17-9-10-20(26-15-17)28-11-4-12-29(14-13-28)21(30)27-19-8-3-6-16-5-1-2-7-18(16)19/h1-3,5-10,15H,4,11-14H2,(H,27,30). The summed E-state index contributed by atoms with van der Waals surface area (Å²) in [6.07, 6.45) is -2.85. The minimum atomic E-state index is -4.40. The first kappa shape index (κ1) is 20.0. The molecule has 0 aliphatic carbocycles. The molecule has 1 fully saturated rings. The Morgan fingerprint density at radius 2 is 1.73 bits per heavy atom. The minimum Gasteiger partial charge on any atom is -0.355 e. The molecule has 30 heavy (non-hydrogen) atoms. The van der Waals surface area contributed by atoms with Gasteiger partial charge in [0, 0.05) is 37.8 Å². The van der Waals surface area contributed by atoms with Crippen molar-refractivity contribution in [2.24, 2.45) is 0 Å². The number of anilines is 2. The number of rotatable bonds is 2. The molecule has 2 heterocycles. The maximum absolute atomic E-state index is 12.8. The number of fused-ring (bicyclic) bond motifs is 1. The number of amides is 2. The molecule has 1 N–H and O–H groups in total. The highest BCUT2D eigenvalue weighted by molar-refractivity contribution is 6.01. The van der Waals surface area contributed by atoms with Crippen LogP contribution in [0.5, 0.6) is 0 Å². The first-order chi connectivity index (χ1) is 14.4. The predicted octanol–water partition coefficient (Wildman–Crippen LogP) is 5.00. The topological polar surface area (TPSA) is 48.5 Å². The molecule has 1 saturated heterocycles. The Morgan fingerprint density at radius 1 is 0.933 bits per heavy atom. The number of alkyl halides is 3. The molecule has 0 saturated carbocycles. The Morgan fingerprint density at radius 3 is 2.50 bits per heavy atom. The molecular formula is C22H21F3N4O. The van der Waals surface area contributed by atoms with Gasteiger partial charge in [-0.25, -0.2) is 9.78 Å². The van der Waals surface area contributed by atoms with Crippen molar-refractivity contribution in [3.8, 4) is 0 Å². The monoisotopic (exact) mass is 414 g/mol. The van der Waals surface area contributed by atoms with Crippen LogP contribution < -0.4 is 10.2 Å². The molecule has 2 aromatic carbocycles. The number of pyridine rings is 1. The van der Waals surface area contributed by atoms with Gasteiger partial charge in [0.15, 0.2) is 0 Å². The fraction of sp³-hybridized carbons (Fsp3) is 0.273. The normalized spacial score (nSPS) is 15.2. The van der Waals surface area contributed by atoms with Gasteiger partial charge >= 0.3 is 12.2 Å². The first-order valence-electron chi connectivity index (χ1n) is 9.74. The summed E-state index contributed by atoms with van der Waals surface area (Å²) in [6, 6.07) is 15.8. The number of carbonyl (C=O) groups is 1. The number of nitrogens with zero attached hydrogens (tertiary/aromatic N) is 3. The molecular weight excluding hydrogens is 393 g/mol. The lowest BCUT2D eigenvalue weighted by atomic mass is 10.1. The number of hydrogen-bond acceptors (Lipinski definition) is 3. The molecule has 5 nitrogen and oxygen atoms in total. The van der Waals surface area contributed by atoms with E-state index in [1.54, 1.807) is 4.90 Å². The van der Waals surface area contributed by atoms with Crippen LogP contribution in [0.3, 0.4) is 0 Å². The number of urea groups is 1. The SMILES string of the molecule is O=C(Nc1cccc2ccccc12)N1CCCN(c2ccc(C(F)(F)F)cn2)CC1. The zero-order valence-electron chi connectivity index (χ0n) is 16.2. The summed E-state index contributed by atoms with van der Waals surface area (Å²) in [4.78, 5) is 20.4. The fourth-order valence-electron chi connectivity index (χ4n) is 3.62. The average molecular weight is 414 g/mol. The van der Waals surface area contributed by atoms with E-state index in [0.29, 0.717) is 38.4 Å². The van der Waals surface area contributed by atoms with Crippen LogP contribution in [0, 0.1) is 0 Å². The third-order valence-corrected chi connectivity index (χ3v) is 5.21. The molecule has 156 valence electrons. The smallest absolute Gasteiger partial charge is 0.355 e. The van der Waals surface area contributed by atoms with Gasteiger partial charge in [-0.3, -0.25) is 0 Å². The molecule has 1 aliphatic rings. The van der Waals surface area contributed by atoms with E-state index in [0.717, 1.165) is 28.7 Å². The van der Waals surface area contributed by atoms with Crippen molar-refractivity contribution >= 4 is 28.3 Å². The molecule has 2 amide bonds. The molecule has 1 aliphatic heterocycles. The predicted molar refractivity (Wildman–Crippen MR) is 111 cm³/mol. The highest BCUT2D eigenvalue weighted by atomic mass is 19.4. The van der Waals surface area contributed by atoms with Crippen molar-refractivity contribution in [2.75, 3.05) is 36.4 Å². The third kappa shape index (κ3) is 4.32. The summed E-state index contributed by atoms with van der Waals surface area (Å²) in [5, 5.41) is 5.01. The van der Waals surface area contributed by atoms with E-state index in [2.05, 4.69) is 10.3 Å². The molecule has 0 bridgehead atoms. The lowest BCUT2D eigenvalue weighted by molar-refractivity contribution is -0.137. The maximum atomic E-state index is 12.8. The second-order valence-electron chi connectivity index (χ2n) is 7.19. The Bertz CT molecular complexity index is 1030. The fourth-order valence-corrected chi connectivity index (χ4v) is 3.62. The van der Waals surface area contributed by atoms with Crippen LogP contribution >= 0.6 is 0 Å². The van der Waals surface area contributed by atoms with Crippen LogP contribution in [0.2, 0.25) is 0 Å².